The van der Waals surface area contributed by atoms with Crippen LogP contribution in [0.2, 0.25) is 0 Å². The average Bonchev–Trinajstić information content (AvgIpc) is 3.00. The Morgan fingerprint density at radius 1 is 1.00 bits per heavy atom. The molecule has 0 aliphatic carbocycles. The second-order valence-electron chi connectivity index (χ2n) is 10.2. The molecule has 1 aliphatic rings. The standard InChI is InChI=1S/C29H35N3O7S2/c1-21-18-32(22(2)20-33)29(34)17-23-16-24(30-40(35,36)25-10-6-4-7-11-25)14-15-27(23)39-28(21)19-31(3)41(37,38)26-12-8-5-9-13-26/h4-16,21-22,28,30,33H,17-20H2,1-3H3/t21-,22+,28+/m1/s1. The van der Waals surface area contributed by atoms with Crippen LogP contribution in [-0.2, 0) is 31.3 Å². The number of sulfonamides is 2. The van der Waals surface area contributed by atoms with Crippen molar-refractivity contribution in [3.05, 3.63) is 84.4 Å². The third-order valence-electron chi connectivity index (χ3n) is 7.11. The minimum atomic E-state index is -3.88. The molecule has 0 aromatic heterocycles. The van der Waals surface area contributed by atoms with E-state index in [0.717, 1.165) is 0 Å². The van der Waals surface area contributed by atoms with E-state index in [-0.39, 0.29) is 53.4 Å². The lowest BCUT2D eigenvalue weighted by molar-refractivity contribution is -0.134. The van der Waals surface area contributed by atoms with Crippen molar-refractivity contribution in [1.29, 1.82) is 0 Å². The minimum Gasteiger partial charge on any atom is -0.488 e. The third kappa shape index (κ3) is 7.07. The molecule has 3 aromatic carbocycles. The molecule has 0 bridgehead atoms. The van der Waals surface area contributed by atoms with E-state index in [9.17, 15) is 26.7 Å². The molecule has 3 aromatic rings. The van der Waals surface area contributed by atoms with Gasteiger partial charge in [0.05, 0.1) is 35.4 Å². The first kappa shape index (κ1) is 30.5. The van der Waals surface area contributed by atoms with Crippen molar-refractivity contribution in [2.45, 2.75) is 42.2 Å². The minimum absolute atomic E-state index is 0.00421. The molecule has 1 heterocycles. The Morgan fingerprint density at radius 3 is 2.22 bits per heavy atom. The summed E-state index contributed by atoms with van der Waals surface area (Å²) in [7, 11) is -6.21. The normalized spacial score (nSPS) is 19.0. The first-order valence-corrected chi connectivity index (χ1v) is 16.1. The molecular formula is C29H35N3O7S2. The smallest absolute Gasteiger partial charge is 0.261 e. The number of nitrogens with zero attached hydrogens (tertiary/aromatic N) is 2. The quantitative estimate of drug-likeness (QED) is 0.385. The fourth-order valence-electron chi connectivity index (χ4n) is 4.65. The van der Waals surface area contributed by atoms with E-state index in [1.165, 1.54) is 35.6 Å². The maximum absolute atomic E-state index is 13.4. The van der Waals surface area contributed by atoms with Gasteiger partial charge in [-0.25, -0.2) is 16.8 Å². The van der Waals surface area contributed by atoms with Gasteiger partial charge in [-0.15, -0.1) is 0 Å². The molecule has 1 aliphatic heterocycles. The Hall–Kier alpha value is -3.45. The molecule has 3 atom stereocenters. The summed E-state index contributed by atoms with van der Waals surface area (Å²) in [5, 5.41) is 9.85. The highest BCUT2D eigenvalue weighted by molar-refractivity contribution is 7.92. The van der Waals surface area contributed by atoms with Gasteiger partial charge in [-0.05, 0) is 49.4 Å². The number of rotatable bonds is 9. The lowest BCUT2D eigenvalue weighted by Gasteiger charge is -2.33. The van der Waals surface area contributed by atoms with Crippen LogP contribution in [0.1, 0.15) is 19.4 Å². The van der Waals surface area contributed by atoms with Crippen LogP contribution >= 0.6 is 0 Å². The number of carbonyl (C=O) groups excluding carboxylic acids is 1. The number of anilines is 1. The predicted molar refractivity (Wildman–Crippen MR) is 155 cm³/mol. The number of fused-ring (bicyclic) bond motifs is 1. The Morgan fingerprint density at radius 2 is 1.61 bits per heavy atom. The fourth-order valence-corrected chi connectivity index (χ4v) is 6.92. The first-order chi connectivity index (χ1) is 19.4. The summed E-state index contributed by atoms with van der Waals surface area (Å²) >= 11 is 0. The van der Waals surface area contributed by atoms with Crippen molar-refractivity contribution < 1.29 is 31.5 Å². The molecule has 0 radical (unpaired) electrons. The summed E-state index contributed by atoms with van der Waals surface area (Å²) in [6.45, 7) is 3.57. The number of carbonyl (C=O) groups is 1. The zero-order chi connectivity index (χ0) is 29.8. The Balaban J connectivity index is 1.68. The highest BCUT2D eigenvalue weighted by atomic mass is 32.2. The van der Waals surface area contributed by atoms with E-state index >= 15 is 0 Å². The van der Waals surface area contributed by atoms with E-state index in [0.29, 0.717) is 11.3 Å². The average molecular weight is 602 g/mol. The number of likely N-dealkylation sites (N-methyl/N-ethyl adjacent to an activating group) is 1. The molecule has 0 unspecified atom stereocenters. The van der Waals surface area contributed by atoms with Gasteiger partial charge in [0.1, 0.15) is 11.9 Å². The molecule has 1 amide bonds. The van der Waals surface area contributed by atoms with E-state index < -0.39 is 32.2 Å². The summed E-state index contributed by atoms with van der Waals surface area (Å²) in [6.07, 6.45) is -0.763. The number of hydrogen-bond acceptors (Lipinski definition) is 7. The lowest BCUT2D eigenvalue weighted by Crippen LogP contribution is -2.48. The number of nitrogens with one attached hydrogen (secondary N) is 1. The number of ether oxygens (including phenoxy) is 1. The molecule has 0 fully saturated rings. The molecular weight excluding hydrogens is 566 g/mol. The van der Waals surface area contributed by atoms with Crippen LogP contribution < -0.4 is 9.46 Å². The van der Waals surface area contributed by atoms with Crippen LogP contribution in [0.25, 0.3) is 0 Å². The Kier molecular flexibility index (Phi) is 9.37. The van der Waals surface area contributed by atoms with E-state index in [1.807, 2.05) is 6.92 Å². The van der Waals surface area contributed by atoms with Crippen LogP contribution in [0.15, 0.2) is 88.7 Å². The molecule has 12 heteroatoms. The summed E-state index contributed by atoms with van der Waals surface area (Å²) in [5.74, 6) is -0.234. The zero-order valence-electron chi connectivity index (χ0n) is 23.2. The summed E-state index contributed by atoms with van der Waals surface area (Å²) < 4.78 is 62.5. The summed E-state index contributed by atoms with van der Waals surface area (Å²) in [6, 6.07) is 20.2. The maximum atomic E-state index is 13.4. The molecule has 2 N–H and O–H groups in total. The van der Waals surface area contributed by atoms with Crippen LogP contribution in [0.4, 0.5) is 5.69 Å². The molecule has 4 rings (SSSR count). The molecule has 220 valence electrons. The van der Waals surface area contributed by atoms with Gasteiger partial charge in [-0.1, -0.05) is 43.3 Å². The predicted octanol–water partition coefficient (Wildman–Crippen LogP) is 2.96. The van der Waals surface area contributed by atoms with Crippen LogP contribution in [-0.4, -0.2) is 75.9 Å². The van der Waals surface area contributed by atoms with Gasteiger partial charge in [0.15, 0.2) is 0 Å². The van der Waals surface area contributed by atoms with E-state index in [4.69, 9.17) is 4.74 Å². The third-order valence-corrected chi connectivity index (χ3v) is 10.3. The van der Waals surface area contributed by atoms with E-state index in [2.05, 4.69) is 4.72 Å². The summed E-state index contributed by atoms with van der Waals surface area (Å²) in [5.41, 5.74) is 0.685. The van der Waals surface area contributed by atoms with Gasteiger partial charge in [0, 0.05) is 30.8 Å². The number of aliphatic hydroxyl groups is 1. The van der Waals surface area contributed by atoms with Gasteiger partial charge in [0.2, 0.25) is 15.9 Å². The highest BCUT2D eigenvalue weighted by Gasteiger charge is 2.33. The number of benzene rings is 3. The second-order valence-corrected chi connectivity index (χ2v) is 14.0. The Labute approximate surface area is 241 Å². The molecule has 41 heavy (non-hydrogen) atoms. The number of aliphatic hydroxyl groups excluding tert-OH is 1. The molecule has 0 spiro atoms. The van der Waals surface area contributed by atoms with Crippen molar-refractivity contribution in [3.8, 4) is 5.75 Å². The SMILES string of the molecule is C[C@@H]1CN([C@@H](C)CO)C(=O)Cc2cc(NS(=O)(=O)c3ccccc3)ccc2O[C@H]1CN(C)S(=O)(=O)c1ccccc1. The first-order valence-electron chi connectivity index (χ1n) is 13.2. The molecule has 0 saturated heterocycles. The van der Waals surface area contributed by atoms with Gasteiger partial charge in [0.25, 0.3) is 10.0 Å². The second kappa shape index (κ2) is 12.6. The number of amides is 1. The van der Waals surface area contributed by atoms with Crippen molar-refractivity contribution in [1.82, 2.24) is 9.21 Å². The largest absolute Gasteiger partial charge is 0.488 e. The van der Waals surface area contributed by atoms with Gasteiger partial charge >= 0.3 is 0 Å². The van der Waals surface area contributed by atoms with Gasteiger partial charge in [-0.3, -0.25) is 9.52 Å². The van der Waals surface area contributed by atoms with Crippen LogP contribution in [0.3, 0.4) is 0 Å². The van der Waals surface area contributed by atoms with Crippen molar-refractivity contribution >= 4 is 31.6 Å². The molecule has 0 saturated carbocycles. The van der Waals surface area contributed by atoms with E-state index in [1.54, 1.807) is 66.4 Å². The van der Waals surface area contributed by atoms with Crippen molar-refractivity contribution in [3.63, 3.8) is 0 Å². The van der Waals surface area contributed by atoms with Crippen LogP contribution in [0, 0.1) is 5.92 Å². The topological polar surface area (TPSA) is 133 Å². The Bertz CT molecular complexity index is 1570. The lowest BCUT2D eigenvalue weighted by atomic mass is 10.0. The van der Waals surface area contributed by atoms with Crippen molar-refractivity contribution in [2.24, 2.45) is 5.92 Å². The zero-order valence-corrected chi connectivity index (χ0v) is 24.8. The van der Waals surface area contributed by atoms with Gasteiger partial charge in [-0.2, -0.15) is 4.31 Å². The van der Waals surface area contributed by atoms with Gasteiger partial charge < -0.3 is 14.7 Å². The fraction of sp³-hybridized carbons (Fsp3) is 0.345. The van der Waals surface area contributed by atoms with Crippen LogP contribution in [0.5, 0.6) is 5.75 Å². The molecule has 10 nitrogen and oxygen atoms in total. The number of hydrogen-bond donors (Lipinski definition) is 2. The van der Waals surface area contributed by atoms with Crippen molar-refractivity contribution in [2.75, 3.05) is 31.5 Å². The monoisotopic (exact) mass is 601 g/mol. The highest BCUT2D eigenvalue weighted by Crippen LogP contribution is 2.30. The maximum Gasteiger partial charge on any atom is 0.261 e. The summed E-state index contributed by atoms with van der Waals surface area (Å²) in [4.78, 5) is 15.2.